The van der Waals surface area contributed by atoms with Gasteiger partial charge in [-0.05, 0) is 81.3 Å². The molecule has 0 spiro atoms. The largest absolute Gasteiger partial charge is 0.256 e. The summed E-state index contributed by atoms with van der Waals surface area (Å²) in [5, 5.41) is 5.78. The van der Waals surface area contributed by atoms with Gasteiger partial charge >= 0.3 is 0 Å². The monoisotopic (exact) mass is 682 g/mol. The minimum Gasteiger partial charge on any atom is -0.256 e. The van der Waals surface area contributed by atoms with E-state index in [2.05, 4.69) is 164 Å². The fourth-order valence-electron chi connectivity index (χ4n) is 7.59. The van der Waals surface area contributed by atoms with Crippen LogP contribution in [0.4, 0.5) is 0 Å². The molecule has 0 aliphatic heterocycles. The summed E-state index contributed by atoms with van der Waals surface area (Å²) >= 11 is 0. The van der Waals surface area contributed by atoms with Crippen LogP contribution in [0.1, 0.15) is 30.9 Å². The Morgan fingerprint density at radius 1 is 0.453 bits per heavy atom. The van der Waals surface area contributed by atoms with Gasteiger partial charge in [0, 0.05) is 33.8 Å². The number of para-hydroxylation sites is 1. The van der Waals surface area contributed by atoms with Crippen LogP contribution in [0, 0.1) is 6.92 Å². The highest BCUT2D eigenvalue weighted by atomic mass is 15.0. The molecular formula is C49H38N4. The van der Waals surface area contributed by atoms with Crippen molar-refractivity contribution in [2.24, 2.45) is 0 Å². The maximum atomic E-state index is 5.20. The predicted octanol–water partition coefficient (Wildman–Crippen LogP) is 12.7. The Balaban J connectivity index is 1.18. The molecule has 4 heteroatoms. The number of aryl methyl sites for hydroxylation is 1. The topological polar surface area (TPSA) is 51.6 Å². The molecule has 0 unspecified atom stereocenters. The van der Waals surface area contributed by atoms with Crippen molar-refractivity contribution >= 4 is 32.4 Å². The van der Waals surface area contributed by atoms with Crippen molar-refractivity contribution in [3.05, 3.63) is 169 Å². The van der Waals surface area contributed by atoms with Gasteiger partial charge in [-0.2, -0.15) is 0 Å². The summed E-state index contributed by atoms with van der Waals surface area (Å²) in [5.74, 6) is 1.93. The minimum absolute atomic E-state index is 0.634. The lowest BCUT2D eigenvalue weighted by molar-refractivity contribution is 0.792. The van der Waals surface area contributed by atoms with Crippen molar-refractivity contribution in [2.75, 3.05) is 0 Å². The highest BCUT2D eigenvalue weighted by Crippen LogP contribution is 2.36. The Labute approximate surface area is 309 Å². The SMILES string of the molecule is CCCCc1c(C)cccc1-c1ccc(-c2nc(-c3ccc(-c4cccc5cccnc45)cc3)nc(-c3cc4ccccc4c4ccccc34)n2)cc1. The second-order valence-corrected chi connectivity index (χ2v) is 13.7. The Morgan fingerprint density at radius 3 is 1.75 bits per heavy atom. The highest BCUT2D eigenvalue weighted by molar-refractivity contribution is 6.13. The first-order valence-electron chi connectivity index (χ1n) is 18.5. The third kappa shape index (κ3) is 6.13. The van der Waals surface area contributed by atoms with Gasteiger partial charge in [0.2, 0.25) is 0 Å². The number of hydrogen-bond donors (Lipinski definition) is 0. The van der Waals surface area contributed by atoms with E-state index in [0.29, 0.717) is 17.5 Å². The number of hydrogen-bond acceptors (Lipinski definition) is 4. The van der Waals surface area contributed by atoms with Crippen molar-refractivity contribution in [3.8, 4) is 56.4 Å². The lowest BCUT2D eigenvalue weighted by Crippen LogP contribution is -2.01. The molecule has 7 aromatic carbocycles. The minimum atomic E-state index is 0.634. The molecule has 53 heavy (non-hydrogen) atoms. The average molecular weight is 683 g/mol. The second-order valence-electron chi connectivity index (χ2n) is 13.7. The number of pyridine rings is 1. The molecule has 0 aliphatic rings. The Hall–Kier alpha value is -6.52. The van der Waals surface area contributed by atoms with E-state index in [1.165, 1.54) is 45.9 Å². The Morgan fingerprint density at radius 2 is 1.02 bits per heavy atom. The van der Waals surface area contributed by atoms with Gasteiger partial charge in [0.15, 0.2) is 17.5 Å². The molecule has 4 nitrogen and oxygen atoms in total. The molecule has 2 heterocycles. The van der Waals surface area contributed by atoms with E-state index in [4.69, 9.17) is 15.0 Å². The van der Waals surface area contributed by atoms with Crippen molar-refractivity contribution in [2.45, 2.75) is 33.1 Å². The van der Waals surface area contributed by atoms with Gasteiger partial charge in [-0.25, -0.2) is 15.0 Å². The summed E-state index contributed by atoms with van der Waals surface area (Å²) < 4.78 is 0. The molecule has 0 bridgehead atoms. The molecule has 0 radical (unpaired) electrons. The summed E-state index contributed by atoms with van der Waals surface area (Å²) in [6, 6.07) is 53.5. The molecule has 0 saturated carbocycles. The molecule has 0 aliphatic carbocycles. The first kappa shape index (κ1) is 32.4. The molecule has 9 aromatic rings. The second kappa shape index (κ2) is 13.9. The summed E-state index contributed by atoms with van der Waals surface area (Å²) in [6.07, 6.45) is 5.28. The van der Waals surface area contributed by atoms with Crippen LogP contribution in [0.5, 0.6) is 0 Å². The molecule has 0 saturated heterocycles. The van der Waals surface area contributed by atoms with Gasteiger partial charge in [-0.3, -0.25) is 4.98 Å². The number of aromatic nitrogens is 4. The molecule has 0 atom stereocenters. The van der Waals surface area contributed by atoms with Crippen molar-refractivity contribution < 1.29 is 0 Å². The third-order valence-corrected chi connectivity index (χ3v) is 10.4. The maximum Gasteiger partial charge on any atom is 0.164 e. The summed E-state index contributed by atoms with van der Waals surface area (Å²) in [4.78, 5) is 20.2. The molecule has 9 rings (SSSR count). The Kier molecular flexibility index (Phi) is 8.49. The number of unbranched alkanes of at least 4 members (excludes halogenated alkanes) is 1. The van der Waals surface area contributed by atoms with Gasteiger partial charge in [0.25, 0.3) is 0 Å². The zero-order valence-electron chi connectivity index (χ0n) is 29.9. The van der Waals surface area contributed by atoms with Crippen LogP contribution >= 0.6 is 0 Å². The van der Waals surface area contributed by atoms with E-state index in [0.717, 1.165) is 55.9 Å². The number of rotatable bonds is 8. The molecule has 2 aromatic heterocycles. The van der Waals surface area contributed by atoms with E-state index in [1.54, 1.807) is 0 Å². The molecular weight excluding hydrogens is 645 g/mol. The van der Waals surface area contributed by atoms with E-state index >= 15 is 0 Å². The van der Waals surface area contributed by atoms with E-state index < -0.39 is 0 Å². The van der Waals surface area contributed by atoms with Crippen LogP contribution < -0.4 is 0 Å². The first-order valence-corrected chi connectivity index (χ1v) is 18.5. The number of fused-ring (bicyclic) bond motifs is 4. The number of nitrogens with zero attached hydrogens (tertiary/aromatic N) is 4. The lowest BCUT2D eigenvalue weighted by Gasteiger charge is -2.14. The summed E-state index contributed by atoms with van der Waals surface area (Å²) in [6.45, 7) is 4.47. The van der Waals surface area contributed by atoms with Gasteiger partial charge in [-0.1, -0.05) is 153 Å². The average Bonchev–Trinajstić information content (AvgIpc) is 3.22. The van der Waals surface area contributed by atoms with Crippen LogP contribution in [-0.2, 0) is 6.42 Å². The van der Waals surface area contributed by atoms with Gasteiger partial charge in [0.05, 0.1) is 5.52 Å². The fourth-order valence-corrected chi connectivity index (χ4v) is 7.59. The van der Waals surface area contributed by atoms with Crippen molar-refractivity contribution in [3.63, 3.8) is 0 Å². The van der Waals surface area contributed by atoms with Crippen LogP contribution in [-0.4, -0.2) is 19.9 Å². The quantitative estimate of drug-likeness (QED) is 0.150. The van der Waals surface area contributed by atoms with E-state index in [1.807, 2.05) is 12.3 Å². The zero-order valence-corrected chi connectivity index (χ0v) is 29.9. The first-order chi connectivity index (χ1) is 26.1. The zero-order chi connectivity index (χ0) is 35.7. The number of benzene rings is 7. The van der Waals surface area contributed by atoms with Crippen LogP contribution in [0.2, 0.25) is 0 Å². The van der Waals surface area contributed by atoms with Gasteiger partial charge in [0.1, 0.15) is 0 Å². The standard InChI is InChI=1S/C49H38N4/c1-3-4-16-39-32(2)12-9-20-40(39)33-22-26-36(27-23-33)47-51-48(37-28-24-34(25-29-37)42-21-10-14-35-15-11-30-50-46(35)42)53-49(52-47)45-31-38-13-5-6-17-41(38)43-18-7-8-19-44(43)45/h5-15,17-31H,3-4,16H2,1-2H3. The third-order valence-electron chi connectivity index (χ3n) is 10.4. The maximum absolute atomic E-state index is 5.20. The predicted molar refractivity (Wildman–Crippen MR) is 221 cm³/mol. The van der Waals surface area contributed by atoms with Crippen LogP contribution in [0.15, 0.2) is 158 Å². The molecule has 0 fully saturated rings. The highest BCUT2D eigenvalue weighted by Gasteiger charge is 2.17. The van der Waals surface area contributed by atoms with E-state index in [-0.39, 0.29) is 0 Å². The summed E-state index contributed by atoms with van der Waals surface area (Å²) in [7, 11) is 0. The van der Waals surface area contributed by atoms with Crippen molar-refractivity contribution in [1.29, 1.82) is 0 Å². The molecule has 0 amide bonds. The van der Waals surface area contributed by atoms with Crippen LogP contribution in [0.3, 0.4) is 0 Å². The smallest absolute Gasteiger partial charge is 0.164 e. The Bertz CT molecular complexity index is 2760. The van der Waals surface area contributed by atoms with Gasteiger partial charge in [-0.15, -0.1) is 0 Å². The van der Waals surface area contributed by atoms with Gasteiger partial charge < -0.3 is 0 Å². The van der Waals surface area contributed by atoms with Crippen molar-refractivity contribution in [1.82, 2.24) is 19.9 Å². The van der Waals surface area contributed by atoms with E-state index in [9.17, 15) is 0 Å². The normalized spacial score (nSPS) is 11.4. The molecule has 0 N–H and O–H groups in total. The fraction of sp³-hybridized carbons (Fsp3) is 0.102. The lowest BCUT2D eigenvalue weighted by atomic mass is 9.92. The van der Waals surface area contributed by atoms with Crippen LogP contribution in [0.25, 0.3) is 88.9 Å². The molecule has 254 valence electrons. The summed E-state index contributed by atoms with van der Waals surface area (Å²) in [5.41, 5.74) is 11.3.